The predicted octanol–water partition coefficient (Wildman–Crippen LogP) is 0.578. The van der Waals surface area contributed by atoms with Crippen molar-refractivity contribution in [3.63, 3.8) is 0 Å². The summed E-state index contributed by atoms with van der Waals surface area (Å²) in [6.07, 6.45) is 4.24. The van der Waals surface area contributed by atoms with Crippen LogP contribution in [0, 0.1) is 0 Å². The summed E-state index contributed by atoms with van der Waals surface area (Å²) in [5.74, 6) is -0.0997. The van der Waals surface area contributed by atoms with E-state index < -0.39 is 0 Å². The fraction of sp³-hybridized carbons (Fsp3) is 0.545. The fourth-order valence-corrected chi connectivity index (χ4v) is 3.75. The van der Waals surface area contributed by atoms with Gasteiger partial charge in [-0.15, -0.1) is 0 Å². The molecular weight excluding hydrogens is 398 g/mol. The standard InChI is InChI=1S/C22H31N5O4/c28-19-9-10-20(29)26(19)15-5-13-23-11-3-4-12-24-14-6-16-27-21(30)17-7-1-2-8-18(17)25-22(27)31/h1-2,7-8,23-24H,3-6,9-16H2,(H,25,31). The number of aromatic amines is 1. The highest BCUT2D eigenvalue weighted by molar-refractivity contribution is 6.01. The van der Waals surface area contributed by atoms with Crippen LogP contribution in [0.4, 0.5) is 0 Å². The molecule has 2 heterocycles. The number of imide groups is 1. The highest BCUT2D eigenvalue weighted by Gasteiger charge is 2.27. The predicted molar refractivity (Wildman–Crippen MR) is 119 cm³/mol. The van der Waals surface area contributed by atoms with Gasteiger partial charge in [0.25, 0.3) is 5.56 Å². The van der Waals surface area contributed by atoms with Crippen LogP contribution in [0.15, 0.2) is 33.9 Å². The Labute approximate surface area is 180 Å². The Kier molecular flexibility index (Phi) is 8.54. The van der Waals surface area contributed by atoms with E-state index in [0.29, 0.717) is 43.3 Å². The Bertz CT molecular complexity index is 997. The molecule has 168 valence electrons. The maximum atomic E-state index is 12.4. The number of para-hydroxylation sites is 1. The molecule has 2 aromatic rings. The van der Waals surface area contributed by atoms with E-state index in [0.717, 1.165) is 45.4 Å². The van der Waals surface area contributed by atoms with Gasteiger partial charge in [-0.2, -0.15) is 0 Å². The molecule has 0 saturated carbocycles. The van der Waals surface area contributed by atoms with Crippen molar-refractivity contribution in [1.29, 1.82) is 0 Å². The second-order valence-corrected chi connectivity index (χ2v) is 7.79. The molecular formula is C22H31N5O4. The van der Waals surface area contributed by atoms with E-state index in [9.17, 15) is 19.2 Å². The molecule has 0 bridgehead atoms. The van der Waals surface area contributed by atoms with Crippen molar-refractivity contribution < 1.29 is 9.59 Å². The van der Waals surface area contributed by atoms with Gasteiger partial charge in [0.05, 0.1) is 10.9 Å². The number of likely N-dealkylation sites (tertiary alicyclic amines) is 1. The van der Waals surface area contributed by atoms with Gasteiger partial charge in [0.1, 0.15) is 0 Å². The van der Waals surface area contributed by atoms with E-state index in [4.69, 9.17) is 0 Å². The summed E-state index contributed by atoms with van der Waals surface area (Å²) in [6.45, 7) is 4.20. The number of amides is 2. The number of hydrogen-bond acceptors (Lipinski definition) is 6. The van der Waals surface area contributed by atoms with Crippen LogP contribution in [0.5, 0.6) is 0 Å². The van der Waals surface area contributed by atoms with E-state index >= 15 is 0 Å². The molecule has 0 aliphatic carbocycles. The molecule has 1 fully saturated rings. The number of rotatable bonds is 13. The lowest BCUT2D eigenvalue weighted by molar-refractivity contribution is -0.138. The van der Waals surface area contributed by atoms with Crippen molar-refractivity contribution in [3.8, 4) is 0 Å². The van der Waals surface area contributed by atoms with E-state index in [-0.39, 0.29) is 23.1 Å². The van der Waals surface area contributed by atoms with Crippen molar-refractivity contribution in [2.24, 2.45) is 0 Å². The SMILES string of the molecule is O=C1CCC(=O)N1CCCNCCCCNCCCn1c(=O)[nH]c2ccccc2c1=O. The van der Waals surface area contributed by atoms with Crippen LogP contribution in [-0.2, 0) is 16.1 Å². The number of nitrogens with zero attached hydrogens (tertiary/aromatic N) is 2. The number of carbonyl (C=O) groups excluding carboxylic acids is 2. The molecule has 1 aliphatic heterocycles. The number of aromatic nitrogens is 2. The van der Waals surface area contributed by atoms with Gasteiger partial charge < -0.3 is 15.6 Å². The van der Waals surface area contributed by atoms with Crippen LogP contribution in [0.1, 0.15) is 38.5 Å². The lowest BCUT2D eigenvalue weighted by atomic mass is 10.2. The largest absolute Gasteiger partial charge is 0.328 e. The van der Waals surface area contributed by atoms with Gasteiger partial charge in [-0.25, -0.2) is 4.79 Å². The Morgan fingerprint density at radius 1 is 0.774 bits per heavy atom. The second kappa shape index (κ2) is 11.6. The van der Waals surface area contributed by atoms with Crippen LogP contribution < -0.4 is 21.9 Å². The summed E-state index contributed by atoms with van der Waals surface area (Å²) in [5.41, 5.74) is -0.0457. The van der Waals surface area contributed by atoms with E-state index in [1.54, 1.807) is 24.3 Å². The Hall–Kier alpha value is -2.78. The van der Waals surface area contributed by atoms with Gasteiger partial charge in [0, 0.05) is 25.9 Å². The molecule has 9 heteroatoms. The van der Waals surface area contributed by atoms with Gasteiger partial charge in [0.15, 0.2) is 0 Å². The summed E-state index contributed by atoms with van der Waals surface area (Å²) in [5, 5.41) is 7.21. The van der Waals surface area contributed by atoms with Crippen LogP contribution in [0.25, 0.3) is 10.9 Å². The van der Waals surface area contributed by atoms with Crippen molar-refractivity contribution in [2.75, 3.05) is 32.7 Å². The average molecular weight is 430 g/mol. The van der Waals surface area contributed by atoms with Crippen molar-refractivity contribution >= 4 is 22.7 Å². The van der Waals surface area contributed by atoms with E-state index in [1.807, 2.05) is 0 Å². The lowest BCUT2D eigenvalue weighted by Gasteiger charge is -2.13. The molecule has 1 aromatic carbocycles. The van der Waals surface area contributed by atoms with Crippen LogP contribution >= 0.6 is 0 Å². The Balaban J connectivity index is 1.21. The molecule has 31 heavy (non-hydrogen) atoms. The molecule has 3 N–H and O–H groups in total. The highest BCUT2D eigenvalue weighted by Crippen LogP contribution is 2.11. The monoisotopic (exact) mass is 429 g/mol. The maximum Gasteiger partial charge on any atom is 0.328 e. The minimum absolute atomic E-state index is 0.0498. The van der Waals surface area contributed by atoms with Crippen LogP contribution in [0.3, 0.4) is 0 Å². The summed E-state index contributed by atoms with van der Waals surface area (Å²) in [4.78, 5) is 51.7. The average Bonchev–Trinajstić information content (AvgIpc) is 3.08. The van der Waals surface area contributed by atoms with Crippen LogP contribution in [0.2, 0.25) is 0 Å². The van der Waals surface area contributed by atoms with Crippen LogP contribution in [-0.4, -0.2) is 59.0 Å². The molecule has 1 saturated heterocycles. The van der Waals surface area contributed by atoms with Gasteiger partial charge in [-0.1, -0.05) is 12.1 Å². The van der Waals surface area contributed by atoms with Crippen molar-refractivity contribution in [1.82, 2.24) is 25.1 Å². The smallest absolute Gasteiger partial charge is 0.317 e. The third-order valence-corrected chi connectivity index (χ3v) is 5.47. The zero-order chi connectivity index (χ0) is 22.1. The third kappa shape index (κ3) is 6.35. The van der Waals surface area contributed by atoms with Gasteiger partial charge in [0.2, 0.25) is 11.8 Å². The molecule has 2 amide bonds. The molecule has 1 aliphatic rings. The minimum atomic E-state index is -0.367. The van der Waals surface area contributed by atoms with Gasteiger partial charge >= 0.3 is 5.69 Å². The first-order valence-electron chi connectivity index (χ1n) is 11.0. The minimum Gasteiger partial charge on any atom is -0.317 e. The third-order valence-electron chi connectivity index (χ3n) is 5.47. The molecule has 0 radical (unpaired) electrons. The fourth-order valence-electron chi connectivity index (χ4n) is 3.75. The van der Waals surface area contributed by atoms with Gasteiger partial charge in [-0.05, 0) is 64.0 Å². The maximum absolute atomic E-state index is 12.4. The molecule has 0 unspecified atom stereocenters. The number of H-pyrrole nitrogens is 1. The number of nitrogens with one attached hydrogen (secondary N) is 3. The molecule has 0 atom stereocenters. The zero-order valence-electron chi connectivity index (χ0n) is 17.8. The molecule has 1 aromatic heterocycles. The topological polar surface area (TPSA) is 116 Å². The number of fused-ring (bicyclic) bond motifs is 1. The number of benzene rings is 1. The van der Waals surface area contributed by atoms with Gasteiger partial charge in [-0.3, -0.25) is 23.9 Å². The molecule has 0 spiro atoms. The lowest BCUT2D eigenvalue weighted by Crippen LogP contribution is -2.35. The first kappa shape index (κ1) is 22.9. The summed E-state index contributed by atoms with van der Waals surface area (Å²) >= 11 is 0. The van der Waals surface area contributed by atoms with Crippen molar-refractivity contribution in [2.45, 2.75) is 45.1 Å². The van der Waals surface area contributed by atoms with Crippen molar-refractivity contribution in [3.05, 3.63) is 45.1 Å². The van der Waals surface area contributed by atoms with E-state index in [1.165, 1.54) is 9.47 Å². The molecule has 3 rings (SSSR count). The Morgan fingerprint density at radius 2 is 1.35 bits per heavy atom. The summed E-state index contributed by atoms with van der Waals surface area (Å²) in [7, 11) is 0. The zero-order valence-corrected chi connectivity index (χ0v) is 17.8. The number of unbranched alkanes of at least 4 members (excludes halogenated alkanes) is 1. The number of carbonyl (C=O) groups is 2. The molecule has 9 nitrogen and oxygen atoms in total. The highest BCUT2D eigenvalue weighted by atomic mass is 16.2. The normalized spacial score (nSPS) is 14.1. The van der Waals surface area contributed by atoms with E-state index in [2.05, 4.69) is 15.6 Å². The first-order valence-corrected chi connectivity index (χ1v) is 11.0. The number of hydrogen-bond donors (Lipinski definition) is 3. The first-order chi connectivity index (χ1) is 15.1. The quantitative estimate of drug-likeness (QED) is 0.317. The Morgan fingerprint density at radius 3 is 2.03 bits per heavy atom. The summed E-state index contributed by atoms with van der Waals surface area (Å²) < 4.78 is 1.26. The second-order valence-electron chi connectivity index (χ2n) is 7.79. The summed E-state index contributed by atoms with van der Waals surface area (Å²) in [6, 6.07) is 7.04.